The Kier molecular flexibility index (Phi) is 3.67. The molecule has 0 bridgehead atoms. The van der Waals surface area contributed by atoms with Crippen LogP contribution in [-0.2, 0) is 6.54 Å². The number of aromatic nitrogens is 1. The van der Waals surface area contributed by atoms with E-state index < -0.39 is 0 Å². The Morgan fingerprint density at radius 3 is 2.85 bits per heavy atom. The Labute approximate surface area is 125 Å². The first kappa shape index (κ1) is 13.0. The zero-order chi connectivity index (χ0) is 13.4. The zero-order valence-electron chi connectivity index (χ0n) is 12.1. The van der Waals surface area contributed by atoms with Gasteiger partial charge < -0.3 is 10.2 Å². The molecule has 1 aromatic rings. The van der Waals surface area contributed by atoms with Gasteiger partial charge in [-0.25, -0.2) is 4.98 Å². The molecule has 2 saturated heterocycles. The predicted octanol–water partition coefficient (Wildman–Crippen LogP) is 2.07. The van der Waals surface area contributed by atoms with Crippen LogP contribution in [0.3, 0.4) is 0 Å². The molecule has 1 saturated carbocycles. The SMILES string of the molecule is c1sc(N2CCC(N3CCCC3)C2)nc1CNC1CC1. The van der Waals surface area contributed by atoms with Gasteiger partial charge in [-0.3, -0.25) is 4.90 Å². The van der Waals surface area contributed by atoms with Crippen LogP contribution in [0.25, 0.3) is 0 Å². The Morgan fingerprint density at radius 2 is 2.05 bits per heavy atom. The number of rotatable bonds is 5. The van der Waals surface area contributed by atoms with Gasteiger partial charge in [0.1, 0.15) is 0 Å². The lowest BCUT2D eigenvalue weighted by molar-refractivity contribution is 0.260. The maximum absolute atomic E-state index is 4.82. The van der Waals surface area contributed by atoms with E-state index in [1.54, 1.807) is 0 Å². The number of anilines is 1. The molecule has 1 N–H and O–H groups in total. The second kappa shape index (κ2) is 5.62. The molecule has 5 heteroatoms. The summed E-state index contributed by atoms with van der Waals surface area (Å²) in [7, 11) is 0. The molecule has 0 amide bonds. The van der Waals surface area contributed by atoms with Crippen LogP contribution in [0.5, 0.6) is 0 Å². The topological polar surface area (TPSA) is 31.4 Å². The largest absolute Gasteiger partial charge is 0.346 e. The van der Waals surface area contributed by atoms with Crippen molar-refractivity contribution in [1.82, 2.24) is 15.2 Å². The lowest BCUT2D eigenvalue weighted by Gasteiger charge is -2.23. The fourth-order valence-electron chi connectivity index (χ4n) is 3.38. The fraction of sp³-hybridized carbons (Fsp3) is 0.800. The smallest absolute Gasteiger partial charge is 0.185 e. The fourth-order valence-corrected chi connectivity index (χ4v) is 4.24. The molecule has 20 heavy (non-hydrogen) atoms. The third kappa shape index (κ3) is 2.85. The van der Waals surface area contributed by atoms with Crippen molar-refractivity contribution in [2.45, 2.75) is 50.7 Å². The standard InChI is InChI=1S/C15H24N4S/c1-2-7-18(6-1)14-5-8-19(10-14)15-17-13(11-20-15)9-16-12-3-4-12/h11-12,14,16H,1-10H2. The van der Waals surface area contributed by atoms with E-state index in [0.717, 1.165) is 18.6 Å². The monoisotopic (exact) mass is 292 g/mol. The number of hydrogen-bond acceptors (Lipinski definition) is 5. The summed E-state index contributed by atoms with van der Waals surface area (Å²) in [6.07, 6.45) is 6.80. The van der Waals surface area contributed by atoms with E-state index in [-0.39, 0.29) is 0 Å². The zero-order valence-corrected chi connectivity index (χ0v) is 12.9. The molecule has 0 aromatic carbocycles. The van der Waals surface area contributed by atoms with Crippen LogP contribution in [0.1, 0.15) is 37.8 Å². The molecule has 0 spiro atoms. The summed E-state index contributed by atoms with van der Waals surface area (Å²) < 4.78 is 0. The predicted molar refractivity (Wildman–Crippen MR) is 83.4 cm³/mol. The number of nitrogens with zero attached hydrogens (tertiary/aromatic N) is 3. The third-order valence-corrected chi connectivity index (χ3v) is 5.73. The van der Waals surface area contributed by atoms with Crippen molar-refractivity contribution < 1.29 is 0 Å². The average Bonchev–Trinajstić information content (AvgIpc) is 2.96. The maximum Gasteiger partial charge on any atom is 0.185 e. The second-order valence-electron chi connectivity index (χ2n) is 6.41. The van der Waals surface area contributed by atoms with Crippen molar-refractivity contribution >= 4 is 16.5 Å². The van der Waals surface area contributed by atoms with Crippen molar-refractivity contribution in [2.24, 2.45) is 0 Å². The lowest BCUT2D eigenvalue weighted by atomic mass is 10.2. The number of likely N-dealkylation sites (tertiary alicyclic amines) is 1. The highest BCUT2D eigenvalue weighted by molar-refractivity contribution is 7.13. The molecule has 3 fully saturated rings. The van der Waals surface area contributed by atoms with Gasteiger partial charge >= 0.3 is 0 Å². The Balaban J connectivity index is 1.33. The van der Waals surface area contributed by atoms with Gasteiger partial charge in [-0.05, 0) is 45.2 Å². The van der Waals surface area contributed by atoms with E-state index in [9.17, 15) is 0 Å². The van der Waals surface area contributed by atoms with Gasteiger partial charge in [-0.2, -0.15) is 0 Å². The lowest BCUT2D eigenvalue weighted by Crippen LogP contribution is -2.35. The average molecular weight is 292 g/mol. The van der Waals surface area contributed by atoms with Gasteiger partial charge in [-0.15, -0.1) is 11.3 Å². The molecular formula is C15H24N4S. The summed E-state index contributed by atoms with van der Waals surface area (Å²) in [4.78, 5) is 9.99. The Hall–Kier alpha value is -0.650. The molecular weight excluding hydrogens is 268 g/mol. The molecule has 2 aliphatic heterocycles. The molecule has 3 aliphatic rings. The van der Waals surface area contributed by atoms with Crippen LogP contribution < -0.4 is 10.2 Å². The van der Waals surface area contributed by atoms with Crippen molar-refractivity contribution in [1.29, 1.82) is 0 Å². The number of nitrogens with one attached hydrogen (secondary N) is 1. The van der Waals surface area contributed by atoms with E-state index in [4.69, 9.17) is 4.98 Å². The summed E-state index contributed by atoms with van der Waals surface area (Å²) in [6, 6.07) is 1.54. The van der Waals surface area contributed by atoms with E-state index in [1.165, 1.54) is 69.1 Å². The molecule has 4 nitrogen and oxygen atoms in total. The van der Waals surface area contributed by atoms with Gasteiger partial charge in [0.05, 0.1) is 5.69 Å². The highest BCUT2D eigenvalue weighted by atomic mass is 32.1. The minimum absolute atomic E-state index is 0.770. The molecule has 3 heterocycles. The minimum atomic E-state index is 0.770. The van der Waals surface area contributed by atoms with Crippen LogP contribution in [0.4, 0.5) is 5.13 Å². The highest BCUT2D eigenvalue weighted by Gasteiger charge is 2.30. The molecule has 1 atom stereocenters. The van der Waals surface area contributed by atoms with E-state index >= 15 is 0 Å². The minimum Gasteiger partial charge on any atom is -0.346 e. The highest BCUT2D eigenvalue weighted by Crippen LogP contribution is 2.28. The van der Waals surface area contributed by atoms with Gasteiger partial charge in [-0.1, -0.05) is 0 Å². The number of hydrogen-bond donors (Lipinski definition) is 1. The van der Waals surface area contributed by atoms with Crippen molar-refractivity contribution in [2.75, 3.05) is 31.1 Å². The second-order valence-corrected chi connectivity index (χ2v) is 7.24. The molecule has 1 aliphatic carbocycles. The first-order valence-corrected chi connectivity index (χ1v) is 8.93. The van der Waals surface area contributed by atoms with Crippen LogP contribution in [0.15, 0.2) is 5.38 Å². The Morgan fingerprint density at radius 1 is 1.20 bits per heavy atom. The normalized spacial score (nSPS) is 27.6. The van der Waals surface area contributed by atoms with Crippen molar-refractivity contribution in [3.63, 3.8) is 0 Å². The first-order valence-electron chi connectivity index (χ1n) is 8.05. The van der Waals surface area contributed by atoms with Crippen LogP contribution in [0, 0.1) is 0 Å². The maximum atomic E-state index is 4.82. The summed E-state index contributed by atoms with van der Waals surface area (Å²) in [5.41, 5.74) is 1.22. The van der Waals surface area contributed by atoms with E-state index in [2.05, 4.69) is 20.5 Å². The van der Waals surface area contributed by atoms with Gasteiger partial charge in [0.15, 0.2) is 5.13 Å². The van der Waals surface area contributed by atoms with Gasteiger partial charge in [0.2, 0.25) is 0 Å². The molecule has 110 valence electrons. The van der Waals surface area contributed by atoms with Crippen LogP contribution >= 0.6 is 11.3 Å². The van der Waals surface area contributed by atoms with Gasteiger partial charge in [0, 0.05) is 37.1 Å². The van der Waals surface area contributed by atoms with Crippen molar-refractivity contribution in [3.8, 4) is 0 Å². The summed E-state index contributed by atoms with van der Waals surface area (Å²) >= 11 is 1.82. The van der Waals surface area contributed by atoms with Crippen LogP contribution in [0.2, 0.25) is 0 Å². The molecule has 1 unspecified atom stereocenters. The summed E-state index contributed by atoms with van der Waals surface area (Å²) in [5.74, 6) is 0. The Bertz CT molecular complexity index is 450. The molecule has 1 aromatic heterocycles. The molecule has 4 rings (SSSR count). The molecule has 0 radical (unpaired) electrons. The van der Waals surface area contributed by atoms with Crippen LogP contribution in [-0.4, -0.2) is 48.1 Å². The van der Waals surface area contributed by atoms with E-state index in [1.807, 2.05) is 11.3 Å². The first-order chi connectivity index (χ1) is 9.88. The number of thiazole rings is 1. The van der Waals surface area contributed by atoms with Gasteiger partial charge in [0.25, 0.3) is 0 Å². The van der Waals surface area contributed by atoms with E-state index in [0.29, 0.717) is 0 Å². The summed E-state index contributed by atoms with van der Waals surface area (Å²) in [6.45, 7) is 5.94. The quantitative estimate of drug-likeness (QED) is 0.900. The summed E-state index contributed by atoms with van der Waals surface area (Å²) in [5, 5.41) is 7.01. The third-order valence-electron chi connectivity index (χ3n) is 4.78. The van der Waals surface area contributed by atoms with Crippen molar-refractivity contribution in [3.05, 3.63) is 11.1 Å².